The minimum absolute atomic E-state index is 0.250. The molecule has 0 spiro atoms. The molecule has 1 saturated heterocycles. The standard InChI is InChI=1S/C14H19NO3/c1-18-14(17)13-9-12(16)10-15(13)8-7-11-5-3-2-4-6-11/h2-6,12-13,16H,7-10H2,1H3. The zero-order chi connectivity index (χ0) is 13.0. The Morgan fingerprint density at radius 2 is 2.17 bits per heavy atom. The first-order chi connectivity index (χ1) is 8.70. The summed E-state index contributed by atoms with van der Waals surface area (Å²) in [6.07, 6.45) is 0.924. The number of esters is 1. The largest absolute Gasteiger partial charge is 0.468 e. The lowest BCUT2D eigenvalue weighted by molar-refractivity contribution is -0.145. The maximum Gasteiger partial charge on any atom is 0.323 e. The quantitative estimate of drug-likeness (QED) is 0.803. The first-order valence-corrected chi connectivity index (χ1v) is 6.24. The van der Waals surface area contributed by atoms with E-state index in [2.05, 4.69) is 12.1 Å². The number of benzene rings is 1. The van der Waals surface area contributed by atoms with Crippen molar-refractivity contribution in [2.75, 3.05) is 20.2 Å². The summed E-state index contributed by atoms with van der Waals surface area (Å²) in [4.78, 5) is 13.6. The van der Waals surface area contributed by atoms with Crippen LogP contribution in [0.25, 0.3) is 0 Å². The van der Waals surface area contributed by atoms with Crippen LogP contribution in [0.1, 0.15) is 12.0 Å². The molecular formula is C14H19NO3. The van der Waals surface area contributed by atoms with Gasteiger partial charge in [0.25, 0.3) is 0 Å². The fourth-order valence-corrected chi connectivity index (χ4v) is 2.43. The van der Waals surface area contributed by atoms with E-state index in [4.69, 9.17) is 4.74 Å². The highest BCUT2D eigenvalue weighted by molar-refractivity contribution is 5.76. The molecule has 18 heavy (non-hydrogen) atoms. The van der Waals surface area contributed by atoms with Crippen molar-refractivity contribution >= 4 is 5.97 Å². The van der Waals surface area contributed by atoms with Crippen molar-refractivity contribution in [3.05, 3.63) is 35.9 Å². The van der Waals surface area contributed by atoms with Crippen molar-refractivity contribution in [2.45, 2.75) is 25.0 Å². The number of likely N-dealkylation sites (tertiary alicyclic amines) is 1. The highest BCUT2D eigenvalue weighted by Gasteiger charge is 2.36. The first-order valence-electron chi connectivity index (χ1n) is 6.24. The van der Waals surface area contributed by atoms with Crippen molar-refractivity contribution in [3.63, 3.8) is 0 Å². The number of carbonyl (C=O) groups excluding carboxylic acids is 1. The summed E-state index contributed by atoms with van der Waals surface area (Å²) in [5.74, 6) is -0.250. The van der Waals surface area contributed by atoms with Crippen molar-refractivity contribution in [1.29, 1.82) is 0 Å². The number of nitrogens with zero attached hydrogens (tertiary/aromatic N) is 1. The van der Waals surface area contributed by atoms with Crippen molar-refractivity contribution < 1.29 is 14.6 Å². The molecule has 0 radical (unpaired) electrons. The van der Waals surface area contributed by atoms with Gasteiger partial charge in [-0.05, 0) is 12.0 Å². The van der Waals surface area contributed by atoms with Gasteiger partial charge in [0, 0.05) is 19.5 Å². The van der Waals surface area contributed by atoms with Gasteiger partial charge in [0.05, 0.1) is 13.2 Å². The van der Waals surface area contributed by atoms with Gasteiger partial charge in [-0.1, -0.05) is 30.3 Å². The Hall–Kier alpha value is -1.39. The minimum Gasteiger partial charge on any atom is -0.468 e. The molecule has 0 saturated carbocycles. The van der Waals surface area contributed by atoms with E-state index in [-0.39, 0.29) is 12.0 Å². The van der Waals surface area contributed by atoms with Gasteiger partial charge < -0.3 is 9.84 Å². The second-order valence-corrected chi connectivity index (χ2v) is 4.66. The lowest BCUT2D eigenvalue weighted by Crippen LogP contribution is -2.38. The van der Waals surface area contributed by atoms with Crippen LogP contribution >= 0.6 is 0 Å². The third kappa shape index (κ3) is 3.09. The van der Waals surface area contributed by atoms with Crippen LogP contribution in [0.15, 0.2) is 30.3 Å². The van der Waals surface area contributed by atoms with Crippen LogP contribution in [0.5, 0.6) is 0 Å². The maximum absolute atomic E-state index is 11.6. The maximum atomic E-state index is 11.6. The SMILES string of the molecule is COC(=O)C1CC(O)CN1CCc1ccccc1. The summed E-state index contributed by atoms with van der Waals surface area (Å²) in [7, 11) is 1.39. The molecular weight excluding hydrogens is 230 g/mol. The van der Waals surface area contributed by atoms with Crippen molar-refractivity contribution in [1.82, 2.24) is 4.90 Å². The van der Waals surface area contributed by atoms with Crippen LogP contribution in [-0.4, -0.2) is 48.3 Å². The molecule has 2 atom stereocenters. The zero-order valence-electron chi connectivity index (χ0n) is 10.6. The fourth-order valence-electron chi connectivity index (χ4n) is 2.43. The van der Waals surface area contributed by atoms with E-state index in [1.165, 1.54) is 12.7 Å². The highest BCUT2D eigenvalue weighted by Crippen LogP contribution is 2.19. The Bertz CT molecular complexity index is 393. The molecule has 2 unspecified atom stereocenters. The summed E-state index contributed by atoms with van der Waals surface area (Å²) in [5, 5.41) is 9.66. The second kappa shape index (κ2) is 5.98. The Labute approximate surface area is 107 Å². The van der Waals surface area contributed by atoms with E-state index in [9.17, 15) is 9.90 Å². The number of carbonyl (C=O) groups is 1. The van der Waals surface area contributed by atoms with E-state index in [1.54, 1.807) is 0 Å². The number of hydrogen-bond acceptors (Lipinski definition) is 4. The average molecular weight is 249 g/mol. The van der Waals surface area contributed by atoms with E-state index >= 15 is 0 Å². The molecule has 0 amide bonds. The molecule has 4 heteroatoms. The molecule has 1 aliphatic rings. The predicted octanol–water partition coefficient (Wildman–Crippen LogP) is 0.837. The van der Waals surface area contributed by atoms with Gasteiger partial charge in [-0.15, -0.1) is 0 Å². The normalized spacial score (nSPS) is 24.1. The third-order valence-corrected chi connectivity index (χ3v) is 3.39. The first kappa shape index (κ1) is 13.1. The number of β-amino-alcohol motifs (C(OH)–C–C–N with tert-alkyl or cyclic N) is 1. The van der Waals surface area contributed by atoms with E-state index in [1.807, 2.05) is 23.1 Å². The topological polar surface area (TPSA) is 49.8 Å². The zero-order valence-corrected chi connectivity index (χ0v) is 10.6. The summed E-state index contributed by atoms with van der Waals surface area (Å²) in [5.41, 5.74) is 1.24. The van der Waals surface area contributed by atoms with Gasteiger partial charge in [-0.3, -0.25) is 9.69 Å². The summed E-state index contributed by atoms with van der Waals surface area (Å²) >= 11 is 0. The van der Waals surface area contributed by atoms with Gasteiger partial charge >= 0.3 is 5.97 Å². The molecule has 1 fully saturated rings. The fraction of sp³-hybridized carbons (Fsp3) is 0.500. The van der Waals surface area contributed by atoms with Crippen LogP contribution in [0.2, 0.25) is 0 Å². The molecule has 1 N–H and O–H groups in total. The van der Waals surface area contributed by atoms with Crippen LogP contribution in [0.4, 0.5) is 0 Å². The second-order valence-electron chi connectivity index (χ2n) is 4.66. The molecule has 98 valence electrons. The van der Waals surface area contributed by atoms with Crippen LogP contribution in [-0.2, 0) is 16.0 Å². The van der Waals surface area contributed by atoms with Crippen LogP contribution in [0, 0.1) is 0 Å². The summed E-state index contributed by atoms with van der Waals surface area (Å²) < 4.78 is 4.77. The molecule has 0 bridgehead atoms. The Morgan fingerprint density at radius 1 is 1.44 bits per heavy atom. The van der Waals surface area contributed by atoms with E-state index in [0.717, 1.165) is 13.0 Å². The highest BCUT2D eigenvalue weighted by atomic mass is 16.5. The lowest BCUT2D eigenvalue weighted by atomic mass is 10.1. The summed E-state index contributed by atoms with van der Waals surface area (Å²) in [6, 6.07) is 9.84. The van der Waals surface area contributed by atoms with Crippen molar-refractivity contribution in [2.24, 2.45) is 0 Å². The van der Waals surface area contributed by atoms with Gasteiger partial charge in [0.2, 0.25) is 0 Å². The Morgan fingerprint density at radius 3 is 2.83 bits per heavy atom. The van der Waals surface area contributed by atoms with E-state index in [0.29, 0.717) is 13.0 Å². The van der Waals surface area contributed by atoms with Gasteiger partial charge in [-0.25, -0.2) is 0 Å². The number of hydrogen-bond donors (Lipinski definition) is 1. The molecule has 0 aliphatic carbocycles. The Balaban J connectivity index is 1.93. The van der Waals surface area contributed by atoms with Gasteiger partial charge in [0.15, 0.2) is 0 Å². The molecule has 1 aliphatic heterocycles. The smallest absolute Gasteiger partial charge is 0.323 e. The third-order valence-electron chi connectivity index (χ3n) is 3.39. The van der Waals surface area contributed by atoms with Gasteiger partial charge in [0.1, 0.15) is 6.04 Å². The number of aliphatic hydroxyl groups excluding tert-OH is 1. The number of methoxy groups -OCH3 is 1. The monoisotopic (exact) mass is 249 g/mol. The Kier molecular flexibility index (Phi) is 4.33. The number of rotatable bonds is 4. The lowest BCUT2D eigenvalue weighted by Gasteiger charge is -2.21. The van der Waals surface area contributed by atoms with Crippen molar-refractivity contribution in [3.8, 4) is 0 Å². The molecule has 4 nitrogen and oxygen atoms in total. The molecule has 1 heterocycles. The predicted molar refractivity (Wildman–Crippen MR) is 68.1 cm³/mol. The van der Waals surface area contributed by atoms with Crippen LogP contribution in [0.3, 0.4) is 0 Å². The van der Waals surface area contributed by atoms with Gasteiger partial charge in [-0.2, -0.15) is 0 Å². The van der Waals surface area contributed by atoms with Crippen LogP contribution < -0.4 is 0 Å². The molecule has 2 rings (SSSR count). The van der Waals surface area contributed by atoms with E-state index < -0.39 is 6.10 Å². The average Bonchev–Trinajstić information content (AvgIpc) is 2.78. The number of aliphatic hydroxyl groups is 1. The molecule has 1 aromatic carbocycles. The summed E-state index contributed by atoms with van der Waals surface area (Å²) in [6.45, 7) is 1.31. The minimum atomic E-state index is -0.426. The molecule has 1 aromatic rings. The molecule has 0 aromatic heterocycles. The number of ether oxygens (including phenoxy) is 1.